The van der Waals surface area contributed by atoms with Crippen molar-refractivity contribution in [1.82, 2.24) is 5.16 Å². The molecule has 2 aromatic rings. The molecule has 1 amide bonds. The summed E-state index contributed by atoms with van der Waals surface area (Å²) in [5, 5.41) is 15.4. The van der Waals surface area contributed by atoms with Crippen molar-refractivity contribution in [2.75, 3.05) is 11.1 Å². The van der Waals surface area contributed by atoms with Crippen LogP contribution < -0.4 is 11.1 Å². The van der Waals surface area contributed by atoms with Crippen LogP contribution in [0, 0.1) is 6.92 Å². The van der Waals surface area contributed by atoms with E-state index in [1.54, 1.807) is 13.0 Å². The van der Waals surface area contributed by atoms with Crippen molar-refractivity contribution >= 4 is 17.4 Å². The summed E-state index contributed by atoms with van der Waals surface area (Å²) in [6, 6.07) is 5.74. The van der Waals surface area contributed by atoms with E-state index in [1.807, 2.05) is 0 Å². The second kappa shape index (κ2) is 4.17. The van der Waals surface area contributed by atoms with Crippen LogP contribution in [0.4, 0.5) is 11.5 Å². The molecule has 1 heterocycles. The number of aryl methyl sites for hydroxylation is 1. The number of carbonyl (C=O) groups is 1. The third-order valence-electron chi connectivity index (χ3n) is 2.15. The standard InChI is InChI=1S/C11H11N3O3/c1-6-4-10(14-17-6)13-11(16)8-5-7(15)2-3-9(8)12/h2-5,15H,12H2,1H3,(H,13,14,16). The van der Waals surface area contributed by atoms with Crippen LogP contribution in [-0.2, 0) is 0 Å². The Bertz CT molecular complexity index is 563. The molecular weight excluding hydrogens is 222 g/mol. The average Bonchev–Trinajstić information content (AvgIpc) is 2.67. The number of aromatic nitrogens is 1. The number of nitrogen functional groups attached to an aromatic ring is 1. The van der Waals surface area contributed by atoms with E-state index in [9.17, 15) is 9.90 Å². The molecule has 17 heavy (non-hydrogen) atoms. The largest absolute Gasteiger partial charge is 0.508 e. The molecule has 0 unspecified atom stereocenters. The maximum Gasteiger partial charge on any atom is 0.259 e. The SMILES string of the molecule is Cc1cc(NC(=O)c2cc(O)ccc2N)no1. The van der Waals surface area contributed by atoms with Gasteiger partial charge in [-0.05, 0) is 25.1 Å². The number of carbonyl (C=O) groups excluding carboxylic acids is 1. The first kappa shape index (κ1) is 11.0. The van der Waals surface area contributed by atoms with Crippen molar-refractivity contribution in [3.63, 3.8) is 0 Å². The Balaban J connectivity index is 2.22. The van der Waals surface area contributed by atoms with Gasteiger partial charge in [-0.15, -0.1) is 0 Å². The van der Waals surface area contributed by atoms with Gasteiger partial charge in [0, 0.05) is 11.8 Å². The molecule has 4 N–H and O–H groups in total. The summed E-state index contributed by atoms with van der Waals surface area (Å²) in [5.74, 6) is 0.409. The van der Waals surface area contributed by atoms with Crippen LogP contribution in [-0.4, -0.2) is 16.2 Å². The lowest BCUT2D eigenvalue weighted by Crippen LogP contribution is -2.14. The summed E-state index contributed by atoms with van der Waals surface area (Å²) < 4.78 is 4.81. The zero-order valence-corrected chi connectivity index (χ0v) is 9.10. The molecule has 88 valence electrons. The summed E-state index contributed by atoms with van der Waals surface area (Å²) in [6.45, 7) is 1.71. The fourth-order valence-corrected chi connectivity index (χ4v) is 1.35. The predicted octanol–water partition coefficient (Wildman–Crippen LogP) is 1.52. The average molecular weight is 233 g/mol. The summed E-state index contributed by atoms with van der Waals surface area (Å²) in [6.07, 6.45) is 0. The summed E-state index contributed by atoms with van der Waals surface area (Å²) >= 11 is 0. The Labute approximate surface area is 97.0 Å². The minimum absolute atomic E-state index is 0.0271. The number of hydrogen-bond donors (Lipinski definition) is 3. The van der Waals surface area contributed by atoms with Crippen molar-refractivity contribution in [2.45, 2.75) is 6.92 Å². The minimum Gasteiger partial charge on any atom is -0.508 e. The second-order valence-corrected chi connectivity index (χ2v) is 3.55. The lowest BCUT2D eigenvalue weighted by atomic mass is 10.1. The number of rotatable bonds is 2. The van der Waals surface area contributed by atoms with Gasteiger partial charge >= 0.3 is 0 Å². The first-order valence-corrected chi connectivity index (χ1v) is 4.89. The van der Waals surface area contributed by atoms with Crippen molar-refractivity contribution in [1.29, 1.82) is 0 Å². The third kappa shape index (κ3) is 2.36. The summed E-state index contributed by atoms with van der Waals surface area (Å²) in [5.41, 5.74) is 6.10. The lowest BCUT2D eigenvalue weighted by molar-refractivity contribution is 0.102. The molecule has 0 aliphatic rings. The van der Waals surface area contributed by atoms with Gasteiger partial charge in [0.15, 0.2) is 5.82 Å². The summed E-state index contributed by atoms with van der Waals surface area (Å²) in [4.78, 5) is 11.8. The Morgan fingerprint density at radius 2 is 2.24 bits per heavy atom. The molecule has 2 rings (SSSR count). The van der Waals surface area contributed by atoms with Crippen molar-refractivity contribution in [3.8, 4) is 5.75 Å². The van der Waals surface area contributed by atoms with E-state index in [4.69, 9.17) is 10.3 Å². The topological polar surface area (TPSA) is 101 Å². The second-order valence-electron chi connectivity index (χ2n) is 3.55. The van der Waals surface area contributed by atoms with Crippen LogP contribution in [0.3, 0.4) is 0 Å². The zero-order valence-electron chi connectivity index (χ0n) is 9.10. The number of nitrogens with one attached hydrogen (secondary N) is 1. The number of hydrogen-bond acceptors (Lipinski definition) is 5. The Morgan fingerprint density at radius 3 is 2.88 bits per heavy atom. The number of amides is 1. The van der Waals surface area contributed by atoms with Gasteiger partial charge in [0.2, 0.25) is 0 Å². The summed E-state index contributed by atoms with van der Waals surface area (Å²) in [7, 11) is 0. The van der Waals surface area contributed by atoms with Crippen molar-refractivity contribution in [2.24, 2.45) is 0 Å². The van der Waals surface area contributed by atoms with Gasteiger partial charge < -0.3 is 20.7 Å². The van der Waals surface area contributed by atoms with E-state index in [-0.39, 0.29) is 17.0 Å². The van der Waals surface area contributed by atoms with Gasteiger partial charge in [-0.2, -0.15) is 0 Å². The van der Waals surface area contributed by atoms with Gasteiger partial charge in [0.1, 0.15) is 11.5 Å². The molecule has 1 aromatic carbocycles. The van der Waals surface area contributed by atoms with Crippen LogP contribution in [0.1, 0.15) is 16.1 Å². The Morgan fingerprint density at radius 1 is 1.47 bits per heavy atom. The molecule has 0 saturated carbocycles. The highest BCUT2D eigenvalue weighted by Crippen LogP contribution is 2.19. The number of nitrogens with two attached hydrogens (primary N) is 1. The molecule has 6 nitrogen and oxygen atoms in total. The quantitative estimate of drug-likeness (QED) is 0.539. The number of phenols is 1. The maximum absolute atomic E-state index is 11.8. The number of benzene rings is 1. The number of nitrogens with zero attached hydrogens (tertiary/aromatic N) is 1. The monoisotopic (exact) mass is 233 g/mol. The molecule has 0 atom stereocenters. The van der Waals surface area contributed by atoms with Gasteiger partial charge in [0.05, 0.1) is 5.56 Å². The van der Waals surface area contributed by atoms with Gasteiger partial charge in [-0.1, -0.05) is 5.16 Å². The predicted molar refractivity (Wildman–Crippen MR) is 61.7 cm³/mol. The van der Waals surface area contributed by atoms with Crippen LogP contribution >= 0.6 is 0 Å². The fourth-order valence-electron chi connectivity index (χ4n) is 1.35. The molecule has 0 saturated heterocycles. The normalized spacial score (nSPS) is 10.2. The Kier molecular flexibility index (Phi) is 2.70. The highest BCUT2D eigenvalue weighted by Gasteiger charge is 2.12. The first-order valence-electron chi connectivity index (χ1n) is 4.89. The number of anilines is 2. The van der Waals surface area contributed by atoms with E-state index < -0.39 is 5.91 Å². The van der Waals surface area contributed by atoms with Crippen LogP contribution in [0.15, 0.2) is 28.8 Å². The molecule has 0 aliphatic heterocycles. The maximum atomic E-state index is 11.8. The first-order chi connectivity index (χ1) is 8.06. The fraction of sp³-hybridized carbons (Fsp3) is 0.0909. The van der Waals surface area contributed by atoms with E-state index in [1.165, 1.54) is 18.2 Å². The van der Waals surface area contributed by atoms with E-state index in [0.717, 1.165) is 0 Å². The van der Waals surface area contributed by atoms with Gasteiger partial charge in [-0.25, -0.2) is 0 Å². The molecular formula is C11H11N3O3. The number of aromatic hydroxyl groups is 1. The highest BCUT2D eigenvalue weighted by molar-refractivity contribution is 6.07. The molecule has 6 heteroatoms. The molecule has 0 fully saturated rings. The van der Waals surface area contributed by atoms with Crippen LogP contribution in [0.25, 0.3) is 0 Å². The molecule has 0 aliphatic carbocycles. The van der Waals surface area contributed by atoms with E-state index in [2.05, 4.69) is 10.5 Å². The van der Waals surface area contributed by atoms with Crippen LogP contribution in [0.2, 0.25) is 0 Å². The molecule has 1 aromatic heterocycles. The van der Waals surface area contributed by atoms with Crippen LogP contribution in [0.5, 0.6) is 5.75 Å². The smallest absolute Gasteiger partial charge is 0.259 e. The zero-order chi connectivity index (χ0) is 12.4. The third-order valence-corrected chi connectivity index (χ3v) is 2.15. The van der Waals surface area contributed by atoms with E-state index >= 15 is 0 Å². The Hall–Kier alpha value is -2.50. The van der Waals surface area contributed by atoms with Crippen molar-refractivity contribution < 1.29 is 14.4 Å². The number of phenolic OH excluding ortho intramolecular Hbond substituents is 1. The van der Waals surface area contributed by atoms with Crippen molar-refractivity contribution in [3.05, 3.63) is 35.6 Å². The van der Waals surface area contributed by atoms with Gasteiger partial charge in [-0.3, -0.25) is 4.79 Å². The highest BCUT2D eigenvalue weighted by atomic mass is 16.5. The molecule has 0 spiro atoms. The molecule has 0 bridgehead atoms. The molecule has 0 radical (unpaired) electrons. The van der Waals surface area contributed by atoms with Gasteiger partial charge in [0.25, 0.3) is 5.91 Å². The lowest BCUT2D eigenvalue weighted by Gasteiger charge is -2.05. The van der Waals surface area contributed by atoms with E-state index in [0.29, 0.717) is 11.6 Å². The minimum atomic E-state index is -0.452.